The normalized spacial score (nSPS) is 10.1. The van der Waals surface area contributed by atoms with Gasteiger partial charge in [0.05, 0.1) is 19.8 Å². The average Bonchev–Trinajstić information content (AvgIpc) is 2.35. The number of aliphatic hydroxyl groups is 1. The van der Waals surface area contributed by atoms with E-state index in [1.54, 1.807) is 6.07 Å². The molecule has 5 heteroatoms. The van der Waals surface area contributed by atoms with Crippen molar-refractivity contribution in [3.63, 3.8) is 0 Å². The molecule has 0 unspecified atom stereocenters. The lowest BCUT2D eigenvalue weighted by atomic mass is 10.0. The molecular weight excluding hydrogens is 288 g/mol. The highest BCUT2D eigenvalue weighted by molar-refractivity contribution is 9.10. The molecule has 1 rings (SSSR count). The van der Waals surface area contributed by atoms with Crippen molar-refractivity contribution < 1.29 is 19.4 Å². The van der Waals surface area contributed by atoms with Gasteiger partial charge in [0.15, 0.2) is 17.8 Å². The van der Waals surface area contributed by atoms with E-state index in [0.717, 1.165) is 16.3 Å². The van der Waals surface area contributed by atoms with Gasteiger partial charge in [-0.25, -0.2) is 0 Å². The van der Waals surface area contributed by atoms with E-state index in [2.05, 4.69) is 15.9 Å². The first-order valence-electron chi connectivity index (χ1n) is 5.19. The van der Waals surface area contributed by atoms with Crippen molar-refractivity contribution in [2.75, 3.05) is 20.8 Å². The number of carbonyl (C=O) groups excluding carboxylic acids is 1. The third-order valence-electron chi connectivity index (χ3n) is 2.43. The first-order valence-corrected chi connectivity index (χ1v) is 5.98. The maximum Gasteiger partial charge on any atom is 0.171 e. The molecule has 0 aliphatic heterocycles. The molecule has 0 amide bonds. The number of hydrogen-bond donors (Lipinski definition) is 1. The van der Waals surface area contributed by atoms with E-state index >= 15 is 0 Å². The lowest BCUT2D eigenvalue weighted by molar-refractivity contribution is 0.112. The maximum atomic E-state index is 10.9. The van der Waals surface area contributed by atoms with Gasteiger partial charge in [0.1, 0.15) is 0 Å². The van der Waals surface area contributed by atoms with Crippen LogP contribution in [0.4, 0.5) is 0 Å². The molecule has 0 aliphatic carbocycles. The van der Waals surface area contributed by atoms with Gasteiger partial charge in [-0.15, -0.1) is 0 Å². The highest BCUT2D eigenvalue weighted by atomic mass is 79.9. The van der Waals surface area contributed by atoms with E-state index in [4.69, 9.17) is 14.6 Å². The van der Waals surface area contributed by atoms with Gasteiger partial charge >= 0.3 is 0 Å². The van der Waals surface area contributed by atoms with Crippen molar-refractivity contribution in [2.45, 2.75) is 12.8 Å². The molecule has 0 aliphatic rings. The Bertz CT molecular complexity index is 404. The summed E-state index contributed by atoms with van der Waals surface area (Å²) in [5.41, 5.74) is 1.33. The zero-order chi connectivity index (χ0) is 12.8. The van der Waals surface area contributed by atoms with Crippen LogP contribution >= 0.6 is 15.9 Å². The van der Waals surface area contributed by atoms with Crippen LogP contribution in [-0.2, 0) is 6.42 Å². The molecule has 94 valence electrons. The van der Waals surface area contributed by atoms with Crippen LogP contribution < -0.4 is 9.47 Å². The number of rotatable bonds is 6. The van der Waals surface area contributed by atoms with Gasteiger partial charge in [-0.2, -0.15) is 0 Å². The second-order valence-electron chi connectivity index (χ2n) is 3.44. The highest BCUT2D eigenvalue weighted by Crippen LogP contribution is 2.39. The highest BCUT2D eigenvalue weighted by Gasteiger charge is 2.17. The zero-order valence-electron chi connectivity index (χ0n) is 9.83. The Morgan fingerprint density at radius 1 is 1.35 bits per heavy atom. The minimum atomic E-state index is 0.105. The second kappa shape index (κ2) is 6.61. The van der Waals surface area contributed by atoms with Crippen molar-refractivity contribution in [1.29, 1.82) is 0 Å². The molecule has 1 N–H and O–H groups in total. The molecule has 1 aromatic carbocycles. The molecule has 0 aromatic heterocycles. The quantitative estimate of drug-likeness (QED) is 0.819. The number of aldehydes is 1. The van der Waals surface area contributed by atoms with Crippen molar-refractivity contribution in [2.24, 2.45) is 0 Å². The van der Waals surface area contributed by atoms with Crippen LogP contribution in [0.1, 0.15) is 22.3 Å². The fourth-order valence-electron chi connectivity index (χ4n) is 1.67. The number of benzene rings is 1. The summed E-state index contributed by atoms with van der Waals surface area (Å²) in [6, 6.07) is 1.70. The summed E-state index contributed by atoms with van der Waals surface area (Å²) in [6.07, 6.45) is 2.00. The second-order valence-corrected chi connectivity index (χ2v) is 4.29. The Labute approximate surface area is 109 Å². The Hall–Kier alpha value is -1.07. The van der Waals surface area contributed by atoms with Crippen molar-refractivity contribution >= 4 is 22.2 Å². The SMILES string of the molecule is COc1c(C=O)cc(Br)c(CCCO)c1OC. The third-order valence-corrected chi connectivity index (χ3v) is 3.14. The van der Waals surface area contributed by atoms with Gasteiger partial charge in [-0.05, 0) is 18.9 Å². The summed E-state index contributed by atoms with van der Waals surface area (Å²) < 4.78 is 11.3. The lowest BCUT2D eigenvalue weighted by Gasteiger charge is -2.16. The van der Waals surface area contributed by atoms with Gasteiger partial charge in [0, 0.05) is 16.6 Å². The predicted octanol–water partition coefficient (Wildman–Crippen LogP) is 2.20. The van der Waals surface area contributed by atoms with E-state index in [1.165, 1.54) is 14.2 Å². The Morgan fingerprint density at radius 3 is 2.47 bits per heavy atom. The summed E-state index contributed by atoms with van der Waals surface area (Å²) in [5.74, 6) is 0.969. The van der Waals surface area contributed by atoms with Crippen LogP contribution in [0.25, 0.3) is 0 Å². The molecule has 1 aromatic rings. The van der Waals surface area contributed by atoms with Crippen LogP contribution in [0.5, 0.6) is 11.5 Å². The lowest BCUT2D eigenvalue weighted by Crippen LogP contribution is -2.02. The summed E-state index contributed by atoms with van der Waals surface area (Å²) in [5, 5.41) is 8.87. The first kappa shape index (κ1) is 14.0. The first-order chi connectivity index (χ1) is 8.19. The molecular formula is C12H15BrO4. The predicted molar refractivity (Wildman–Crippen MR) is 68.0 cm³/mol. The number of hydrogen-bond acceptors (Lipinski definition) is 4. The Morgan fingerprint density at radius 2 is 2.00 bits per heavy atom. The van der Waals surface area contributed by atoms with Crippen molar-refractivity contribution in [1.82, 2.24) is 0 Å². The molecule has 0 heterocycles. The van der Waals surface area contributed by atoms with Crippen LogP contribution in [-0.4, -0.2) is 32.2 Å². The summed E-state index contributed by atoms with van der Waals surface area (Å²) in [7, 11) is 3.02. The molecule has 17 heavy (non-hydrogen) atoms. The van der Waals surface area contributed by atoms with E-state index in [0.29, 0.717) is 29.9 Å². The zero-order valence-corrected chi connectivity index (χ0v) is 11.4. The maximum absolute atomic E-state index is 10.9. The molecule has 0 saturated heterocycles. The summed E-state index contributed by atoms with van der Waals surface area (Å²) >= 11 is 3.40. The number of halogens is 1. The number of ether oxygens (including phenoxy) is 2. The summed E-state index contributed by atoms with van der Waals surface area (Å²) in [4.78, 5) is 10.9. The van der Waals surface area contributed by atoms with E-state index in [-0.39, 0.29) is 6.61 Å². The topological polar surface area (TPSA) is 55.8 Å². The number of carbonyl (C=O) groups is 1. The van der Waals surface area contributed by atoms with Crippen LogP contribution in [0.2, 0.25) is 0 Å². The van der Waals surface area contributed by atoms with Crippen LogP contribution in [0.3, 0.4) is 0 Å². The third kappa shape index (κ3) is 2.98. The van der Waals surface area contributed by atoms with Gasteiger partial charge < -0.3 is 14.6 Å². The number of methoxy groups -OCH3 is 2. The molecule has 0 fully saturated rings. The molecule has 0 spiro atoms. The number of aliphatic hydroxyl groups excluding tert-OH is 1. The smallest absolute Gasteiger partial charge is 0.171 e. The van der Waals surface area contributed by atoms with Gasteiger partial charge in [0.25, 0.3) is 0 Å². The van der Waals surface area contributed by atoms with E-state index < -0.39 is 0 Å². The fourth-order valence-corrected chi connectivity index (χ4v) is 2.29. The van der Waals surface area contributed by atoms with Crippen LogP contribution in [0.15, 0.2) is 10.5 Å². The standard InChI is InChI=1S/C12H15BrO4/c1-16-11-8(7-15)6-10(13)9(4-3-5-14)12(11)17-2/h6-7,14H,3-5H2,1-2H3. The van der Waals surface area contributed by atoms with Crippen LogP contribution in [0, 0.1) is 0 Å². The largest absolute Gasteiger partial charge is 0.493 e. The molecule has 4 nitrogen and oxygen atoms in total. The monoisotopic (exact) mass is 302 g/mol. The minimum Gasteiger partial charge on any atom is -0.493 e. The Kier molecular flexibility index (Phi) is 5.44. The van der Waals surface area contributed by atoms with E-state index in [1.807, 2.05) is 0 Å². The molecule has 0 atom stereocenters. The van der Waals surface area contributed by atoms with Crippen molar-refractivity contribution in [3.8, 4) is 11.5 Å². The average molecular weight is 303 g/mol. The minimum absolute atomic E-state index is 0.105. The van der Waals surface area contributed by atoms with Gasteiger partial charge in [0.2, 0.25) is 0 Å². The fraction of sp³-hybridized carbons (Fsp3) is 0.417. The molecule has 0 saturated carbocycles. The van der Waals surface area contributed by atoms with Gasteiger partial charge in [-0.3, -0.25) is 4.79 Å². The van der Waals surface area contributed by atoms with Crippen molar-refractivity contribution in [3.05, 3.63) is 21.7 Å². The molecule has 0 bridgehead atoms. The summed E-state index contributed by atoms with van der Waals surface area (Å²) in [6.45, 7) is 0.105. The van der Waals surface area contributed by atoms with Gasteiger partial charge in [-0.1, -0.05) is 15.9 Å². The Balaban J connectivity index is 3.32. The molecule has 0 radical (unpaired) electrons. The van der Waals surface area contributed by atoms with E-state index in [9.17, 15) is 4.79 Å².